The highest BCUT2D eigenvalue weighted by molar-refractivity contribution is 5.80. The first-order valence-corrected chi connectivity index (χ1v) is 6.61. The molecule has 1 fully saturated rings. The molecule has 1 saturated heterocycles. The van der Waals surface area contributed by atoms with Gasteiger partial charge in [-0.1, -0.05) is 26.7 Å². The molecule has 0 bridgehead atoms. The number of hydrogen-bond donors (Lipinski definition) is 1. The van der Waals surface area contributed by atoms with E-state index in [-0.39, 0.29) is 17.7 Å². The normalized spacial score (nSPS) is 21.5. The molecule has 98 valence electrons. The van der Waals surface area contributed by atoms with Crippen LogP contribution in [0.25, 0.3) is 0 Å². The van der Waals surface area contributed by atoms with Crippen molar-refractivity contribution in [3.05, 3.63) is 0 Å². The highest BCUT2D eigenvalue weighted by Gasteiger charge is 2.33. The summed E-state index contributed by atoms with van der Waals surface area (Å²) in [4.78, 5) is 24.8. The highest BCUT2D eigenvalue weighted by Crippen LogP contribution is 2.22. The van der Waals surface area contributed by atoms with Gasteiger partial charge in [0.2, 0.25) is 5.91 Å². The lowest BCUT2D eigenvalue weighted by atomic mass is 9.98. The summed E-state index contributed by atoms with van der Waals surface area (Å²) in [7, 11) is 0. The smallest absolute Gasteiger partial charge is 0.308 e. The molecule has 1 aliphatic heterocycles. The Labute approximate surface area is 103 Å². The minimum Gasteiger partial charge on any atom is -0.481 e. The third kappa shape index (κ3) is 3.72. The second-order valence-corrected chi connectivity index (χ2v) is 4.86. The Bertz CT molecular complexity index is 278. The van der Waals surface area contributed by atoms with Crippen LogP contribution in [0.5, 0.6) is 0 Å². The second-order valence-electron chi connectivity index (χ2n) is 4.86. The zero-order valence-corrected chi connectivity index (χ0v) is 10.8. The first kappa shape index (κ1) is 14.0. The summed E-state index contributed by atoms with van der Waals surface area (Å²) in [6.45, 7) is 5.16. The number of amides is 1. The van der Waals surface area contributed by atoms with Gasteiger partial charge >= 0.3 is 5.97 Å². The SMILES string of the molecule is CCCC[C@H](CC)C(=O)N1CC[C@@H](C(=O)O)C1. The first-order chi connectivity index (χ1) is 8.10. The zero-order valence-electron chi connectivity index (χ0n) is 10.8. The summed E-state index contributed by atoms with van der Waals surface area (Å²) in [6, 6.07) is 0. The number of carbonyl (C=O) groups excluding carboxylic acids is 1. The van der Waals surface area contributed by atoms with Crippen molar-refractivity contribution in [2.45, 2.75) is 46.0 Å². The Kier molecular flexibility index (Phi) is 5.45. The molecule has 0 spiro atoms. The van der Waals surface area contributed by atoms with E-state index in [1.54, 1.807) is 4.90 Å². The van der Waals surface area contributed by atoms with Crippen LogP contribution in [-0.2, 0) is 9.59 Å². The predicted molar refractivity (Wildman–Crippen MR) is 65.6 cm³/mol. The van der Waals surface area contributed by atoms with Gasteiger partial charge in [-0.15, -0.1) is 0 Å². The third-order valence-corrected chi connectivity index (χ3v) is 3.60. The van der Waals surface area contributed by atoms with E-state index in [2.05, 4.69) is 6.92 Å². The molecule has 0 aliphatic carbocycles. The van der Waals surface area contributed by atoms with Crippen LogP contribution in [0.4, 0.5) is 0 Å². The zero-order chi connectivity index (χ0) is 12.8. The molecule has 1 heterocycles. The lowest BCUT2D eigenvalue weighted by molar-refractivity contribution is -0.141. The van der Waals surface area contributed by atoms with Gasteiger partial charge in [-0.2, -0.15) is 0 Å². The average molecular weight is 241 g/mol. The van der Waals surface area contributed by atoms with Crippen molar-refractivity contribution >= 4 is 11.9 Å². The molecule has 0 aromatic heterocycles. The van der Waals surface area contributed by atoms with Crippen molar-refractivity contribution in [1.82, 2.24) is 4.90 Å². The summed E-state index contributed by atoms with van der Waals surface area (Å²) in [5.74, 6) is -0.892. The molecular weight excluding hydrogens is 218 g/mol. The van der Waals surface area contributed by atoms with Gasteiger partial charge in [0.25, 0.3) is 0 Å². The Morgan fingerprint density at radius 3 is 2.59 bits per heavy atom. The Morgan fingerprint density at radius 2 is 2.12 bits per heavy atom. The minimum absolute atomic E-state index is 0.0856. The molecule has 1 rings (SSSR count). The molecule has 0 aromatic rings. The van der Waals surface area contributed by atoms with Crippen LogP contribution in [0.2, 0.25) is 0 Å². The number of carbonyl (C=O) groups is 2. The highest BCUT2D eigenvalue weighted by atomic mass is 16.4. The second kappa shape index (κ2) is 6.62. The van der Waals surface area contributed by atoms with Crippen molar-refractivity contribution in [3.8, 4) is 0 Å². The fourth-order valence-corrected chi connectivity index (χ4v) is 2.37. The van der Waals surface area contributed by atoms with Crippen molar-refractivity contribution in [2.24, 2.45) is 11.8 Å². The maximum absolute atomic E-state index is 12.2. The van der Waals surface area contributed by atoms with Crippen molar-refractivity contribution in [1.29, 1.82) is 0 Å². The summed E-state index contributed by atoms with van der Waals surface area (Å²) >= 11 is 0. The van der Waals surface area contributed by atoms with E-state index in [1.165, 1.54) is 0 Å². The maximum atomic E-state index is 12.2. The predicted octanol–water partition coefficient (Wildman–Crippen LogP) is 2.14. The van der Waals surface area contributed by atoms with Crippen molar-refractivity contribution in [2.75, 3.05) is 13.1 Å². The standard InChI is InChI=1S/C13H23NO3/c1-3-5-6-10(4-2)12(15)14-8-7-11(9-14)13(16)17/h10-11H,3-9H2,1-2H3,(H,16,17)/t10-,11+/m0/s1. The molecule has 1 amide bonds. The maximum Gasteiger partial charge on any atom is 0.308 e. The van der Waals surface area contributed by atoms with Crippen LogP contribution in [0.1, 0.15) is 46.0 Å². The van der Waals surface area contributed by atoms with E-state index in [4.69, 9.17) is 5.11 Å². The number of likely N-dealkylation sites (tertiary alicyclic amines) is 1. The van der Waals surface area contributed by atoms with Gasteiger partial charge in [0, 0.05) is 19.0 Å². The van der Waals surface area contributed by atoms with Crippen LogP contribution >= 0.6 is 0 Å². The number of hydrogen-bond acceptors (Lipinski definition) is 2. The van der Waals surface area contributed by atoms with Gasteiger partial charge in [-0.3, -0.25) is 9.59 Å². The number of carboxylic acids is 1. The van der Waals surface area contributed by atoms with Gasteiger partial charge in [-0.25, -0.2) is 0 Å². The van der Waals surface area contributed by atoms with Crippen LogP contribution in [0.15, 0.2) is 0 Å². The van der Waals surface area contributed by atoms with E-state index in [0.717, 1.165) is 25.7 Å². The molecule has 1 aliphatic rings. The van der Waals surface area contributed by atoms with Crippen molar-refractivity contribution < 1.29 is 14.7 Å². The molecule has 4 nitrogen and oxygen atoms in total. The van der Waals surface area contributed by atoms with Crippen LogP contribution in [0, 0.1) is 11.8 Å². The third-order valence-electron chi connectivity index (χ3n) is 3.60. The van der Waals surface area contributed by atoms with Gasteiger partial charge in [0.1, 0.15) is 0 Å². The van der Waals surface area contributed by atoms with E-state index >= 15 is 0 Å². The summed E-state index contributed by atoms with van der Waals surface area (Å²) in [6.07, 6.45) is 4.56. The van der Waals surface area contributed by atoms with E-state index < -0.39 is 5.97 Å². The number of aliphatic carboxylic acids is 1. The molecule has 17 heavy (non-hydrogen) atoms. The molecular formula is C13H23NO3. The molecule has 0 saturated carbocycles. The molecule has 0 aromatic carbocycles. The Hall–Kier alpha value is -1.06. The summed E-state index contributed by atoms with van der Waals surface area (Å²) in [5.41, 5.74) is 0. The Morgan fingerprint density at radius 1 is 1.41 bits per heavy atom. The number of carboxylic acid groups (broad SMARTS) is 1. The first-order valence-electron chi connectivity index (χ1n) is 6.61. The molecule has 1 N–H and O–H groups in total. The lowest BCUT2D eigenvalue weighted by Crippen LogP contribution is -2.35. The summed E-state index contributed by atoms with van der Waals surface area (Å²) < 4.78 is 0. The monoisotopic (exact) mass is 241 g/mol. The van der Waals surface area contributed by atoms with E-state index in [0.29, 0.717) is 19.5 Å². The van der Waals surface area contributed by atoms with E-state index in [9.17, 15) is 9.59 Å². The fourth-order valence-electron chi connectivity index (χ4n) is 2.37. The average Bonchev–Trinajstić information content (AvgIpc) is 2.79. The topological polar surface area (TPSA) is 57.6 Å². The minimum atomic E-state index is -0.776. The van der Waals surface area contributed by atoms with Gasteiger partial charge in [-0.05, 0) is 19.3 Å². The van der Waals surface area contributed by atoms with E-state index in [1.807, 2.05) is 6.92 Å². The van der Waals surface area contributed by atoms with Gasteiger partial charge in [0.15, 0.2) is 0 Å². The number of unbranched alkanes of at least 4 members (excludes halogenated alkanes) is 1. The van der Waals surface area contributed by atoms with Crippen LogP contribution in [-0.4, -0.2) is 35.0 Å². The fraction of sp³-hybridized carbons (Fsp3) is 0.846. The van der Waals surface area contributed by atoms with Crippen LogP contribution in [0.3, 0.4) is 0 Å². The quantitative estimate of drug-likeness (QED) is 0.775. The Balaban J connectivity index is 2.49. The largest absolute Gasteiger partial charge is 0.481 e. The molecule has 0 radical (unpaired) electrons. The summed E-state index contributed by atoms with van der Waals surface area (Å²) in [5, 5.41) is 8.91. The lowest BCUT2D eigenvalue weighted by Gasteiger charge is -2.22. The number of nitrogens with zero attached hydrogens (tertiary/aromatic N) is 1. The molecule has 2 atom stereocenters. The van der Waals surface area contributed by atoms with Gasteiger partial charge < -0.3 is 10.0 Å². The van der Waals surface area contributed by atoms with Crippen molar-refractivity contribution in [3.63, 3.8) is 0 Å². The number of rotatable bonds is 6. The molecule has 0 unspecified atom stereocenters. The van der Waals surface area contributed by atoms with Crippen LogP contribution < -0.4 is 0 Å². The molecule has 4 heteroatoms. The van der Waals surface area contributed by atoms with Gasteiger partial charge in [0.05, 0.1) is 5.92 Å².